The highest BCUT2D eigenvalue weighted by atomic mass is 15.2. The quantitative estimate of drug-likeness (QED) is 0.720. The second-order valence-electron chi connectivity index (χ2n) is 6.38. The average Bonchev–Trinajstić information content (AvgIpc) is 2.48. The highest BCUT2D eigenvalue weighted by Gasteiger charge is 2.42. The van der Waals surface area contributed by atoms with Crippen molar-refractivity contribution < 1.29 is 0 Å². The van der Waals surface area contributed by atoms with Crippen molar-refractivity contribution in [2.75, 3.05) is 19.6 Å². The van der Waals surface area contributed by atoms with Crippen LogP contribution in [0.1, 0.15) is 72.6 Å². The molecule has 2 atom stereocenters. The summed E-state index contributed by atoms with van der Waals surface area (Å²) in [7, 11) is 0. The van der Waals surface area contributed by atoms with E-state index in [9.17, 15) is 0 Å². The molecule has 0 aromatic heterocycles. The Balaban J connectivity index is 2.88. The van der Waals surface area contributed by atoms with Gasteiger partial charge in [0.1, 0.15) is 0 Å². The zero-order valence-electron chi connectivity index (χ0n) is 13.8. The SMILES string of the molecule is CCC(CC)CN(CC)C1(CN)CCCCC1CC. The minimum atomic E-state index is 0.296. The van der Waals surface area contributed by atoms with Crippen LogP contribution < -0.4 is 5.73 Å². The first kappa shape index (κ1) is 17.0. The first-order valence-electron chi connectivity index (χ1n) is 8.63. The van der Waals surface area contributed by atoms with Crippen molar-refractivity contribution in [2.24, 2.45) is 17.6 Å². The second kappa shape index (κ2) is 8.26. The van der Waals surface area contributed by atoms with Gasteiger partial charge in [0.15, 0.2) is 0 Å². The lowest BCUT2D eigenvalue weighted by atomic mass is 9.70. The van der Waals surface area contributed by atoms with Crippen LogP contribution in [0.15, 0.2) is 0 Å². The molecule has 1 aliphatic rings. The van der Waals surface area contributed by atoms with Crippen molar-refractivity contribution in [3.63, 3.8) is 0 Å². The molecule has 1 rings (SSSR count). The summed E-state index contributed by atoms with van der Waals surface area (Å²) < 4.78 is 0. The van der Waals surface area contributed by atoms with Gasteiger partial charge in [0.2, 0.25) is 0 Å². The molecule has 0 saturated heterocycles. The molecule has 0 radical (unpaired) electrons. The molecule has 0 amide bonds. The maximum atomic E-state index is 6.30. The van der Waals surface area contributed by atoms with Gasteiger partial charge < -0.3 is 5.73 Å². The number of nitrogens with two attached hydrogens (primary N) is 1. The summed E-state index contributed by atoms with van der Waals surface area (Å²) in [6, 6.07) is 0. The molecule has 2 N–H and O–H groups in total. The van der Waals surface area contributed by atoms with Gasteiger partial charge >= 0.3 is 0 Å². The van der Waals surface area contributed by atoms with E-state index in [4.69, 9.17) is 5.73 Å². The van der Waals surface area contributed by atoms with Gasteiger partial charge in [-0.25, -0.2) is 0 Å². The van der Waals surface area contributed by atoms with E-state index < -0.39 is 0 Å². The van der Waals surface area contributed by atoms with Gasteiger partial charge in [0.05, 0.1) is 0 Å². The fraction of sp³-hybridized carbons (Fsp3) is 1.00. The molecule has 0 spiro atoms. The first-order valence-corrected chi connectivity index (χ1v) is 8.63. The Morgan fingerprint density at radius 3 is 2.32 bits per heavy atom. The molecule has 0 aromatic carbocycles. The summed E-state index contributed by atoms with van der Waals surface area (Å²) >= 11 is 0. The molecule has 0 aromatic rings. The van der Waals surface area contributed by atoms with Crippen LogP contribution in [0.25, 0.3) is 0 Å². The summed E-state index contributed by atoms with van der Waals surface area (Å²) in [6.07, 6.45) is 9.35. The van der Waals surface area contributed by atoms with Gasteiger partial charge in [-0.1, -0.05) is 59.8 Å². The fourth-order valence-electron chi connectivity index (χ4n) is 4.18. The maximum Gasteiger partial charge on any atom is 0.0359 e. The van der Waals surface area contributed by atoms with Gasteiger partial charge in [-0.15, -0.1) is 0 Å². The van der Waals surface area contributed by atoms with E-state index in [1.54, 1.807) is 0 Å². The van der Waals surface area contributed by atoms with Crippen LogP contribution in [0.2, 0.25) is 0 Å². The van der Waals surface area contributed by atoms with Crippen molar-refractivity contribution in [1.82, 2.24) is 4.90 Å². The normalized spacial score (nSPS) is 28.3. The summed E-state index contributed by atoms with van der Waals surface area (Å²) in [5, 5.41) is 0. The Kier molecular flexibility index (Phi) is 7.38. The fourth-order valence-corrected chi connectivity index (χ4v) is 4.18. The van der Waals surface area contributed by atoms with E-state index >= 15 is 0 Å². The highest BCUT2D eigenvalue weighted by molar-refractivity contribution is 4.99. The van der Waals surface area contributed by atoms with Crippen molar-refractivity contribution in [1.29, 1.82) is 0 Å². The largest absolute Gasteiger partial charge is 0.329 e. The third-order valence-corrected chi connectivity index (χ3v) is 5.66. The molecule has 19 heavy (non-hydrogen) atoms. The Morgan fingerprint density at radius 1 is 1.16 bits per heavy atom. The van der Waals surface area contributed by atoms with E-state index in [1.807, 2.05) is 0 Å². The Morgan fingerprint density at radius 2 is 1.84 bits per heavy atom. The average molecular weight is 268 g/mol. The minimum Gasteiger partial charge on any atom is -0.329 e. The summed E-state index contributed by atoms with van der Waals surface area (Å²) in [5.41, 5.74) is 6.59. The van der Waals surface area contributed by atoms with Crippen LogP contribution in [0.5, 0.6) is 0 Å². The topological polar surface area (TPSA) is 29.3 Å². The number of rotatable bonds is 8. The highest BCUT2D eigenvalue weighted by Crippen LogP contribution is 2.40. The number of hydrogen-bond acceptors (Lipinski definition) is 2. The first-order chi connectivity index (χ1) is 9.18. The molecule has 2 heteroatoms. The molecular weight excluding hydrogens is 232 g/mol. The molecular formula is C17H36N2. The van der Waals surface area contributed by atoms with E-state index in [2.05, 4.69) is 32.6 Å². The van der Waals surface area contributed by atoms with Crippen LogP contribution in [0.3, 0.4) is 0 Å². The summed E-state index contributed by atoms with van der Waals surface area (Å²) in [6.45, 7) is 12.6. The van der Waals surface area contributed by atoms with E-state index in [1.165, 1.54) is 51.5 Å². The van der Waals surface area contributed by atoms with Crippen molar-refractivity contribution in [2.45, 2.75) is 78.2 Å². The summed E-state index contributed by atoms with van der Waals surface area (Å²) in [5.74, 6) is 1.64. The molecule has 1 fully saturated rings. The molecule has 0 heterocycles. The molecule has 1 aliphatic carbocycles. The molecule has 114 valence electrons. The monoisotopic (exact) mass is 268 g/mol. The van der Waals surface area contributed by atoms with Crippen molar-refractivity contribution >= 4 is 0 Å². The number of nitrogens with zero attached hydrogens (tertiary/aromatic N) is 1. The number of hydrogen-bond donors (Lipinski definition) is 1. The lowest BCUT2D eigenvalue weighted by Gasteiger charge is -2.52. The lowest BCUT2D eigenvalue weighted by molar-refractivity contribution is -0.00353. The van der Waals surface area contributed by atoms with Gasteiger partial charge in [0, 0.05) is 18.6 Å². The Bertz CT molecular complexity index is 237. The van der Waals surface area contributed by atoms with Crippen molar-refractivity contribution in [3.05, 3.63) is 0 Å². The molecule has 1 saturated carbocycles. The van der Waals surface area contributed by atoms with Crippen LogP contribution in [0, 0.1) is 11.8 Å². The zero-order valence-corrected chi connectivity index (χ0v) is 13.8. The van der Waals surface area contributed by atoms with Gasteiger partial charge in [-0.05, 0) is 31.2 Å². The molecule has 2 unspecified atom stereocenters. The molecule has 0 aliphatic heterocycles. The standard InChI is InChI=1S/C17H36N2/c1-5-15(6-2)13-19(8-4)17(14-18)12-10-9-11-16(17)7-3/h15-16H,5-14,18H2,1-4H3. The third-order valence-electron chi connectivity index (χ3n) is 5.66. The third kappa shape index (κ3) is 3.72. The van der Waals surface area contributed by atoms with Gasteiger partial charge in [-0.2, -0.15) is 0 Å². The van der Waals surface area contributed by atoms with Crippen LogP contribution >= 0.6 is 0 Å². The van der Waals surface area contributed by atoms with Crippen LogP contribution in [-0.4, -0.2) is 30.1 Å². The lowest BCUT2D eigenvalue weighted by Crippen LogP contribution is -2.60. The molecule has 2 nitrogen and oxygen atoms in total. The summed E-state index contributed by atoms with van der Waals surface area (Å²) in [4.78, 5) is 2.75. The van der Waals surface area contributed by atoms with E-state index in [-0.39, 0.29) is 0 Å². The van der Waals surface area contributed by atoms with E-state index in [0.29, 0.717) is 5.54 Å². The second-order valence-corrected chi connectivity index (χ2v) is 6.38. The van der Waals surface area contributed by atoms with Crippen LogP contribution in [0.4, 0.5) is 0 Å². The Labute approximate surface area is 121 Å². The molecule has 0 bridgehead atoms. The maximum absolute atomic E-state index is 6.30. The van der Waals surface area contributed by atoms with Crippen LogP contribution in [-0.2, 0) is 0 Å². The predicted molar refractivity (Wildman–Crippen MR) is 85.4 cm³/mol. The Hall–Kier alpha value is -0.0800. The smallest absolute Gasteiger partial charge is 0.0359 e. The van der Waals surface area contributed by atoms with Crippen molar-refractivity contribution in [3.8, 4) is 0 Å². The van der Waals surface area contributed by atoms with E-state index in [0.717, 1.165) is 24.9 Å². The zero-order chi connectivity index (χ0) is 14.3. The van der Waals surface area contributed by atoms with Gasteiger partial charge in [0.25, 0.3) is 0 Å². The minimum absolute atomic E-state index is 0.296. The van der Waals surface area contributed by atoms with Gasteiger partial charge in [-0.3, -0.25) is 4.90 Å². The predicted octanol–water partition coefficient (Wildman–Crippen LogP) is 4.04. The number of likely N-dealkylation sites (N-methyl/N-ethyl adjacent to an activating group) is 1.